The van der Waals surface area contributed by atoms with E-state index >= 15 is 0 Å². The fourth-order valence-corrected chi connectivity index (χ4v) is 6.28. The summed E-state index contributed by atoms with van der Waals surface area (Å²) in [5, 5.41) is 6.38. The molecule has 0 spiro atoms. The van der Waals surface area contributed by atoms with E-state index < -0.39 is 10.0 Å². The highest BCUT2D eigenvalue weighted by molar-refractivity contribution is 7.89. The van der Waals surface area contributed by atoms with Gasteiger partial charge in [-0.25, -0.2) is 8.42 Å². The zero-order chi connectivity index (χ0) is 22.6. The van der Waals surface area contributed by atoms with E-state index in [9.17, 15) is 13.2 Å². The molecule has 0 atom stereocenters. The van der Waals surface area contributed by atoms with E-state index in [1.54, 1.807) is 12.1 Å². The van der Waals surface area contributed by atoms with Crippen LogP contribution in [0.2, 0.25) is 0 Å². The number of nitrogens with one attached hydrogen (secondary N) is 2. The molecule has 9 heteroatoms. The van der Waals surface area contributed by atoms with Crippen LogP contribution < -0.4 is 15.5 Å². The monoisotopic (exact) mass is 464 g/mol. The number of carbonyl (C=O) groups is 1. The highest BCUT2D eigenvalue weighted by Crippen LogP contribution is 2.32. The number of ether oxygens (including phenoxy) is 1. The molecule has 8 nitrogen and oxygen atoms in total. The largest absolute Gasteiger partial charge is 0.379 e. The van der Waals surface area contributed by atoms with Gasteiger partial charge in [-0.1, -0.05) is 6.92 Å². The highest BCUT2D eigenvalue weighted by atomic mass is 32.2. The zero-order valence-electron chi connectivity index (χ0n) is 19.0. The number of nitrogens with zero attached hydrogens (tertiary/aromatic N) is 2. The minimum absolute atomic E-state index is 0.0432. The summed E-state index contributed by atoms with van der Waals surface area (Å²) in [7, 11) is -3.60. The van der Waals surface area contributed by atoms with Crippen molar-refractivity contribution in [2.75, 3.05) is 56.2 Å². The van der Waals surface area contributed by atoms with E-state index in [-0.39, 0.29) is 23.4 Å². The van der Waals surface area contributed by atoms with Crippen molar-refractivity contribution in [3.63, 3.8) is 0 Å². The van der Waals surface area contributed by atoms with Crippen LogP contribution in [0.3, 0.4) is 0 Å². The fraction of sp³-hybridized carbons (Fsp3) is 0.696. The molecule has 3 aliphatic rings. The van der Waals surface area contributed by atoms with Crippen LogP contribution in [0.1, 0.15) is 45.4 Å². The van der Waals surface area contributed by atoms with Gasteiger partial charge in [-0.15, -0.1) is 0 Å². The number of benzene rings is 1. The Balaban J connectivity index is 1.48. The Hall–Kier alpha value is -1.84. The molecule has 3 fully saturated rings. The van der Waals surface area contributed by atoms with Crippen LogP contribution >= 0.6 is 0 Å². The maximum absolute atomic E-state index is 13.1. The van der Waals surface area contributed by atoms with E-state index in [0.29, 0.717) is 32.0 Å². The standard InChI is InChI=1S/C23H36N4O4S/c1-18-4-6-19(7-5-18)25-23(28)17-24-21-16-20(8-9-22(21)26-10-2-3-11-26)32(29,30)27-12-14-31-15-13-27/h8-9,16,18-19,24H,2-7,10-15,17H2,1H3,(H,25,28). The van der Waals surface area contributed by atoms with Gasteiger partial charge in [-0.3, -0.25) is 4.79 Å². The molecule has 0 aromatic heterocycles. The van der Waals surface area contributed by atoms with E-state index in [1.807, 2.05) is 6.07 Å². The van der Waals surface area contributed by atoms with Crippen molar-refractivity contribution in [3.8, 4) is 0 Å². The van der Waals surface area contributed by atoms with Crippen LogP contribution in [0, 0.1) is 5.92 Å². The summed E-state index contributed by atoms with van der Waals surface area (Å²) in [5.41, 5.74) is 1.66. The van der Waals surface area contributed by atoms with Crippen molar-refractivity contribution in [2.24, 2.45) is 5.92 Å². The maximum atomic E-state index is 13.1. The summed E-state index contributed by atoms with van der Waals surface area (Å²) in [4.78, 5) is 15.1. The molecule has 4 rings (SSSR count). The average molecular weight is 465 g/mol. The zero-order valence-corrected chi connectivity index (χ0v) is 19.8. The second-order valence-corrected chi connectivity index (χ2v) is 11.2. The summed E-state index contributed by atoms with van der Waals surface area (Å²) in [6.45, 7) is 5.83. The second kappa shape index (κ2) is 10.4. The molecule has 32 heavy (non-hydrogen) atoms. The number of hydrogen-bond donors (Lipinski definition) is 2. The van der Waals surface area contributed by atoms with Crippen LogP contribution in [0.5, 0.6) is 0 Å². The summed E-state index contributed by atoms with van der Waals surface area (Å²) in [5.74, 6) is 0.693. The third-order valence-corrected chi connectivity index (χ3v) is 8.74. The van der Waals surface area contributed by atoms with Crippen LogP contribution in [-0.4, -0.2) is 70.6 Å². The van der Waals surface area contributed by atoms with Gasteiger partial charge < -0.3 is 20.3 Å². The topological polar surface area (TPSA) is 91.0 Å². The second-order valence-electron chi connectivity index (χ2n) is 9.27. The Bertz CT molecular complexity index is 887. The smallest absolute Gasteiger partial charge is 0.243 e. The van der Waals surface area contributed by atoms with Crippen LogP contribution in [-0.2, 0) is 19.6 Å². The number of rotatable bonds is 7. The highest BCUT2D eigenvalue weighted by Gasteiger charge is 2.28. The predicted octanol–water partition coefficient (Wildman–Crippen LogP) is 2.41. The Morgan fingerprint density at radius 3 is 2.44 bits per heavy atom. The first-order valence-corrected chi connectivity index (χ1v) is 13.4. The van der Waals surface area contributed by atoms with Gasteiger partial charge in [0.05, 0.1) is 36.0 Å². The van der Waals surface area contributed by atoms with Crippen LogP contribution in [0.25, 0.3) is 0 Å². The third kappa shape index (κ3) is 5.55. The number of carbonyl (C=O) groups excluding carboxylic acids is 1. The first-order valence-electron chi connectivity index (χ1n) is 11.9. The van der Waals surface area contributed by atoms with Gasteiger partial charge in [-0.2, -0.15) is 4.31 Å². The average Bonchev–Trinajstić information content (AvgIpc) is 3.34. The molecule has 1 aromatic rings. The number of hydrogen-bond acceptors (Lipinski definition) is 6. The van der Waals surface area contributed by atoms with Gasteiger partial charge in [-0.05, 0) is 62.6 Å². The number of morpholine rings is 1. The first kappa shape index (κ1) is 23.3. The van der Waals surface area contributed by atoms with Crippen molar-refractivity contribution < 1.29 is 17.9 Å². The van der Waals surface area contributed by atoms with E-state index in [2.05, 4.69) is 22.5 Å². The summed E-state index contributed by atoms with van der Waals surface area (Å²) in [6, 6.07) is 5.49. The molecule has 0 radical (unpaired) electrons. The van der Waals surface area contributed by atoms with Crippen molar-refractivity contribution in [3.05, 3.63) is 18.2 Å². The lowest BCUT2D eigenvalue weighted by Crippen LogP contribution is -2.41. The summed E-state index contributed by atoms with van der Waals surface area (Å²) >= 11 is 0. The maximum Gasteiger partial charge on any atom is 0.243 e. The molecule has 1 amide bonds. The van der Waals surface area contributed by atoms with Gasteiger partial charge in [0.25, 0.3) is 0 Å². The Morgan fingerprint density at radius 1 is 1.06 bits per heavy atom. The number of anilines is 2. The van der Waals surface area contributed by atoms with E-state index in [1.165, 1.54) is 4.31 Å². The molecule has 2 N–H and O–H groups in total. The minimum atomic E-state index is -3.60. The van der Waals surface area contributed by atoms with E-state index in [4.69, 9.17) is 4.74 Å². The molecule has 1 aliphatic carbocycles. The van der Waals surface area contributed by atoms with Crippen molar-refractivity contribution in [1.29, 1.82) is 0 Å². The molecule has 178 valence electrons. The predicted molar refractivity (Wildman–Crippen MR) is 126 cm³/mol. The lowest BCUT2D eigenvalue weighted by molar-refractivity contribution is -0.120. The van der Waals surface area contributed by atoms with E-state index in [0.717, 1.165) is 63.2 Å². The molecule has 2 saturated heterocycles. The van der Waals surface area contributed by atoms with Crippen LogP contribution in [0.15, 0.2) is 23.1 Å². The van der Waals surface area contributed by atoms with Gasteiger partial charge in [0.1, 0.15) is 0 Å². The Morgan fingerprint density at radius 2 is 1.75 bits per heavy atom. The Labute approximate surface area is 191 Å². The van der Waals surface area contributed by atoms with Gasteiger partial charge in [0.2, 0.25) is 15.9 Å². The fourth-order valence-electron chi connectivity index (χ4n) is 4.85. The molecular weight excluding hydrogens is 428 g/mol. The van der Waals surface area contributed by atoms with Crippen LogP contribution in [0.4, 0.5) is 11.4 Å². The quantitative estimate of drug-likeness (QED) is 0.644. The molecule has 1 saturated carbocycles. The molecule has 0 bridgehead atoms. The first-order chi connectivity index (χ1) is 15.4. The molecule has 0 unspecified atom stereocenters. The SMILES string of the molecule is CC1CCC(NC(=O)CNc2cc(S(=O)(=O)N3CCOCC3)ccc2N2CCCC2)CC1. The third-order valence-electron chi connectivity index (χ3n) is 6.84. The van der Waals surface area contributed by atoms with Crippen molar-refractivity contribution in [2.45, 2.75) is 56.4 Å². The lowest BCUT2D eigenvalue weighted by Gasteiger charge is -2.28. The number of sulfonamides is 1. The normalized spacial score (nSPS) is 25.0. The van der Waals surface area contributed by atoms with Gasteiger partial charge >= 0.3 is 0 Å². The number of amides is 1. The molecule has 2 aliphatic heterocycles. The Kier molecular flexibility index (Phi) is 7.58. The summed E-state index contributed by atoms with van der Waals surface area (Å²) in [6.07, 6.45) is 6.60. The minimum Gasteiger partial charge on any atom is -0.379 e. The lowest BCUT2D eigenvalue weighted by atomic mass is 9.87. The molecule has 1 aromatic carbocycles. The van der Waals surface area contributed by atoms with Gasteiger partial charge in [0.15, 0.2) is 0 Å². The summed E-state index contributed by atoms with van der Waals surface area (Å²) < 4.78 is 33.1. The molecular formula is C23H36N4O4S. The molecule has 2 heterocycles. The van der Waals surface area contributed by atoms with Gasteiger partial charge in [0, 0.05) is 32.2 Å². The van der Waals surface area contributed by atoms with Crippen molar-refractivity contribution >= 4 is 27.3 Å². The van der Waals surface area contributed by atoms with Crippen molar-refractivity contribution in [1.82, 2.24) is 9.62 Å².